The normalized spacial score (nSPS) is 16.3. The zero-order valence-corrected chi connectivity index (χ0v) is 20.7. The van der Waals surface area contributed by atoms with Crippen molar-refractivity contribution < 1.29 is 4.74 Å². The van der Waals surface area contributed by atoms with Crippen LogP contribution >= 0.6 is 34.9 Å². The number of hydrogen-bond donors (Lipinski definition) is 1. The molecule has 2 heterocycles. The smallest absolute Gasteiger partial charge is 0.106 e. The zero-order valence-electron chi connectivity index (χ0n) is 18.3. The van der Waals surface area contributed by atoms with Crippen molar-refractivity contribution in [3.8, 4) is 10.4 Å². The van der Waals surface area contributed by atoms with E-state index in [1.165, 1.54) is 16.0 Å². The molecule has 1 aliphatic heterocycles. The predicted molar refractivity (Wildman–Crippen MR) is 137 cm³/mol. The van der Waals surface area contributed by atoms with E-state index in [1.807, 2.05) is 30.1 Å². The number of thiazole rings is 1. The number of aromatic nitrogens is 1. The van der Waals surface area contributed by atoms with Gasteiger partial charge >= 0.3 is 0 Å². The molecule has 0 unspecified atom stereocenters. The van der Waals surface area contributed by atoms with Gasteiger partial charge in [-0.25, -0.2) is 9.29 Å². The van der Waals surface area contributed by atoms with Gasteiger partial charge in [-0.15, -0.1) is 11.3 Å². The second-order valence-corrected chi connectivity index (χ2v) is 10.9. The second-order valence-electron chi connectivity index (χ2n) is 8.11. The van der Waals surface area contributed by atoms with Gasteiger partial charge < -0.3 is 10.1 Å². The van der Waals surface area contributed by atoms with Crippen molar-refractivity contribution in [2.24, 2.45) is 0 Å². The SMILES string of the molecule is Cc1nc(C(Nc2ccc(C)c(SN3CCOCC3)c2)=C2CC2)c(-c2ccccc2Cl)s1. The molecule has 1 aliphatic carbocycles. The molecule has 0 bridgehead atoms. The highest BCUT2D eigenvalue weighted by Crippen LogP contribution is 2.43. The molecule has 32 heavy (non-hydrogen) atoms. The molecule has 4 nitrogen and oxygen atoms in total. The molecule has 0 spiro atoms. The Balaban J connectivity index is 1.46. The predicted octanol–water partition coefficient (Wildman–Crippen LogP) is 7.04. The van der Waals surface area contributed by atoms with Crippen LogP contribution < -0.4 is 5.32 Å². The van der Waals surface area contributed by atoms with Crippen LogP contribution in [0, 0.1) is 13.8 Å². The minimum atomic E-state index is 0.761. The van der Waals surface area contributed by atoms with E-state index < -0.39 is 0 Å². The lowest BCUT2D eigenvalue weighted by Crippen LogP contribution is -2.30. The fourth-order valence-corrected chi connectivity index (χ4v) is 6.00. The number of benzene rings is 2. The molecule has 0 atom stereocenters. The van der Waals surface area contributed by atoms with Crippen LogP contribution in [0.1, 0.15) is 29.1 Å². The van der Waals surface area contributed by atoms with Gasteiger partial charge in [0.15, 0.2) is 0 Å². The van der Waals surface area contributed by atoms with E-state index in [0.29, 0.717) is 0 Å². The van der Waals surface area contributed by atoms with Gasteiger partial charge in [-0.3, -0.25) is 0 Å². The van der Waals surface area contributed by atoms with Gasteiger partial charge in [-0.05, 0) is 68.0 Å². The van der Waals surface area contributed by atoms with Crippen molar-refractivity contribution in [1.29, 1.82) is 0 Å². The van der Waals surface area contributed by atoms with Gasteiger partial charge in [0.05, 0.1) is 28.8 Å². The molecule has 2 fully saturated rings. The van der Waals surface area contributed by atoms with Crippen molar-refractivity contribution >= 4 is 46.3 Å². The number of rotatable bonds is 6. The van der Waals surface area contributed by atoms with Crippen LogP contribution in [-0.4, -0.2) is 35.6 Å². The Hall–Kier alpha value is -1.83. The van der Waals surface area contributed by atoms with Crippen LogP contribution in [0.2, 0.25) is 5.02 Å². The molecule has 3 aromatic rings. The van der Waals surface area contributed by atoms with Crippen molar-refractivity contribution in [3.63, 3.8) is 0 Å². The molecule has 5 rings (SSSR count). The number of nitrogens with one attached hydrogen (secondary N) is 1. The summed E-state index contributed by atoms with van der Waals surface area (Å²) in [4.78, 5) is 7.34. The van der Waals surface area contributed by atoms with Crippen LogP contribution in [0.25, 0.3) is 16.1 Å². The van der Waals surface area contributed by atoms with E-state index in [4.69, 9.17) is 21.3 Å². The summed E-state index contributed by atoms with van der Waals surface area (Å²) in [5.41, 5.74) is 6.99. The highest BCUT2D eigenvalue weighted by atomic mass is 35.5. The van der Waals surface area contributed by atoms with Gasteiger partial charge in [0.1, 0.15) is 5.69 Å². The summed E-state index contributed by atoms with van der Waals surface area (Å²) in [7, 11) is 0. The summed E-state index contributed by atoms with van der Waals surface area (Å²) in [5.74, 6) is 0. The third-order valence-corrected chi connectivity index (χ3v) is 8.19. The number of morpholine rings is 1. The minimum absolute atomic E-state index is 0.761. The molecule has 2 aliphatic rings. The van der Waals surface area contributed by atoms with Gasteiger partial charge in [0.2, 0.25) is 0 Å². The standard InChI is InChI=1S/C25H26ClN3OS2/c1-16-7-10-19(15-22(16)32-29-11-13-30-14-12-29)28-23(18-8-9-18)24-25(31-17(2)27-24)20-5-3-4-6-21(20)26/h3-7,10,15,28H,8-9,11-14H2,1-2H3. The number of allylic oxidation sites excluding steroid dienone is 1. The number of ether oxygens (including phenoxy) is 1. The van der Waals surface area contributed by atoms with E-state index in [9.17, 15) is 0 Å². The van der Waals surface area contributed by atoms with Crippen molar-refractivity contribution in [2.75, 3.05) is 31.6 Å². The van der Waals surface area contributed by atoms with E-state index in [-0.39, 0.29) is 0 Å². The Morgan fingerprint density at radius 1 is 1.12 bits per heavy atom. The van der Waals surface area contributed by atoms with E-state index in [2.05, 4.69) is 47.7 Å². The zero-order chi connectivity index (χ0) is 22.1. The lowest BCUT2D eigenvalue weighted by atomic mass is 10.1. The maximum Gasteiger partial charge on any atom is 0.106 e. The maximum absolute atomic E-state index is 6.56. The topological polar surface area (TPSA) is 37.4 Å². The Labute approximate surface area is 202 Å². The Bertz CT molecular complexity index is 1160. The second kappa shape index (κ2) is 9.57. The first kappa shape index (κ1) is 22.0. The molecule has 1 saturated carbocycles. The minimum Gasteiger partial charge on any atom is -0.379 e. The quantitative estimate of drug-likeness (QED) is 0.380. The Kier molecular flexibility index (Phi) is 6.58. The molecular weight excluding hydrogens is 458 g/mol. The summed E-state index contributed by atoms with van der Waals surface area (Å²) >= 11 is 10.1. The summed E-state index contributed by atoms with van der Waals surface area (Å²) in [6, 6.07) is 14.6. The Morgan fingerprint density at radius 2 is 1.91 bits per heavy atom. The van der Waals surface area contributed by atoms with Crippen LogP contribution in [0.15, 0.2) is 52.9 Å². The third-order valence-electron chi connectivity index (χ3n) is 5.60. The molecule has 2 aromatic carbocycles. The molecule has 0 amide bonds. The average molecular weight is 484 g/mol. The highest BCUT2D eigenvalue weighted by molar-refractivity contribution is 7.97. The maximum atomic E-state index is 6.56. The Morgan fingerprint density at radius 3 is 2.66 bits per heavy atom. The number of aryl methyl sites for hydroxylation is 2. The summed E-state index contributed by atoms with van der Waals surface area (Å²) < 4.78 is 7.88. The molecule has 1 aromatic heterocycles. The lowest BCUT2D eigenvalue weighted by Gasteiger charge is -2.26. The molecule has 166 valence electrons. The van der Waals surface area contributed by atoms with Gasteiger partial charge in [-0.2, -0.15) is 0 Å². The van der Waals surface area contributed by atoms with E-state index in [1.54, 1.807) is 11.3 Å². The molecular formula is C25H26ClN3OS2. The van der Waals surface area contributed by atoms with Gasteiger partial charge in [-0.1, -0.05) is 35.9 Å². The fourth-order valence-electron chi connectivity index (χ4n) is 3.75. The van der Waals surface area contributed by atoms with Crippen molar-refractivity contribution in [1.82, 2.24) is 9.29 Å². The van der Waals surface area contributed by atoms with Crippen molar-refractivity contribution in [2.45, 2.75) is 31.6 Å². The monoisotopic (exact) mass is 483 g/mol. The third kappa shape index (κ3) is 4.90. The first-order valence-corrected chi connectivity index (χ1v) is 12.9. The molecule has 7 heteroatoms. The van der Waals surface area contributed by atoms with Crippen LogP contribution in [0.5, 0.6) is 0 Å². The van der Waals surface area contributed by atoms with Crippen LogP contribution in [0.4, 0.5) is 5.69 Å². The number of anilines is 1. The summed E-state index contributed by atoms with van der Waals surface area (Å²) in [6.07, 6.45) is 2.23. The highest BCUT2D eigenvalue weighted by Gasteiger charge is 2.25. The molecule has 1 N–H and O–H groups in total. The first-order chi connectivity index (χ1) is 15.6. The number of nitrogens with zero attached hydrogens (tertiary/aromatic N) is 2. The average Bonchev–Trinajstić information content (AvgIpc) is 3.57. The van der Waals surface area contributed by atoms with Crippen LogP contribution in [-0.2, 0) is 4.74 Å². The fraction of sp³-hybridized carbons (Fsp3) is 0.320. The largest absolute Gasteiger partial charge is 0.379 e. The molecule has 1 saturated heterocycles. The number of halogens is 1. The van der Waals surface area contributed by atoms with E-state index >= 15 is 0 Å². The first-order valence-electron chi connectivity index (χ1n) is 10.9. The summed E-state index contributed by atoms with van der Waals surface area (Å²) in [5, 5.41) is 5.53. The van der Waals surface area contributed by atoms with Gasteiger partial charge in [0, 0.05) is 34.3 Å². The molecule has 0 radical (unpaired) electrons. The van der Waals surface area contributed by atoms with Crippen molar-refractivity contribution in [3.05, 3.63) is 69.3 Å². The van der Waals surface area contributed by atoms with Gasteiger partial charge in [0.25, 0.3) is 0 Å². The van der Waals surface area contributed by atoms with Crippen LogP contribution in [0.3, 0.4) is 0 Å². The lowest BCUT2D eigenvalue weighted by molar-refractivity contribution is 0.0773. The number of hydrogen-bond acceptors (Lipinski definition) is 6. The van der Waals surface area contributed by atoms with E-state index in [0.717, 1.165) is 76.7 Å². The summed E-state index contributed by atoms with van der Waals surface area (Å²) in [6.45, 7) is 7.74.